The van der Waals surface area contributed by atoms with Gasteiger partial charge in [-0.05, 0) is 38.4 Å². The normalized spacial score (nSPS) is 16.3. The maximum Gasteiger partial charge on any atom is 0.410 e. The molecule has 0 spiro atoms. The Kier molecular flexibility index (Phi) is 3.43. The lowest BCUT2D eigenvalue weighted by Crippen LogP contribution is -2.50. The highest BCUT2D eigenvalue weighted by atomic mass is 35.5. The van der Waals surface area contributed by atoms with Crippen LogP contribution in [0, 0.1) is 0 Å². The molecule has 1 aromatic rings. The Morgan fingerprint density at radius 3 is 2.72 bits per heavy atom. The topological polar surface area (TPSA) is 55.3 Å². The van der Waals surface area contributed by atoms with Crippen LogP contribution in [0.15, 0.2) is 12.3 Å². The zero-order valence-corrected chi connectivity index (χ0v) is 11.4. The molecule has 0 aromatic carbocycles. The highest BCUT2D eigenvalue weighted by molar-refractivity contribution is 6.28. The Morgan fingerprint density at radius 1 is 1.50 bits per heavy atom. The molecule has 5 nitrogen and oxygen atoms in total. The molecule has 98 valence electrons. The van der Waals surface area contributed by atoms with Crippen molar-refractivity contribution in [1.82, 2.24) is 14.9 Å². The van der Waals surface area contributed by atoms with Gasteiger partial charge in [-0.15, -0.1) is 0 Å². The van der Waals surface area contributed by atoms with E-state index in [1.54, 1.807) is 11.1 Å². The first-order valence-corrected chi connectivity index (χ1v) is 6.19. The van der Waals surface area contributed by atoms with E-state index in [1.807, 2.05) is 26.8 Å². The van der Waals surface area contributed by atoms with Gasteiger partial charge in [-0.2, -0.15) is 0 Å². The molecule has 0 bridgehead atoms. The number of carbonyl (C=O) groups is 1. The van der Waals surface area contributed by atoms with Crippen LogP contribution < -0.4 is 0 Å². The molecule has 1 aliphatic heterocycles. The number of hydrogen-bond donors (Lipinski definition) is 0. The smallest absolute Gasteiger partial charge is 0.410 e. The van der Waals surface area contributed by atoms with Crippen LogP contribution >= 0.6 is 11.6 Å². The third-order valence-corrected chi connectivity index (χ3v) is 2.78. The van der Waals surface area contributed by atoms with E-state index in [2.05, 4.69) is 9.97 Å². The fourth-order valence-corrected chi connectivity index (χ4v) is 1.87. The van der Waals surface area contributed by atoms with Crippen molar-refractivity contribution in [2.45, 2.75) is 32.3 Å². The van der Waals surface area contributed by atoms with Crippen molar-refractivity contribution in [3.63, 3.8) is 0 Å². The summed E-state index contributed by atoms with van der Waals surface area (Å²) >= 11 is 5.73. The molecule has 0 unspecified atom stereocenters. The van der Waals surface area contributed by atoms with E-state index in [-0.39, 0.29) is 17.3 Å². The quantitative estimate of drug-likeness (QED) is 0.735. The highest BCUT2D eigenvalue weighted by Crippen LogP contribution is 2.27. The van der Waals surface area contributed by atoms with Crippen LogP contribution in [0.1, 0.15) is 32.4 Å². The van der Waals surface area contributed by atoms with Crippen molar-refractivity contribution < 1.29 is 9.53 Å². The van der Waals surface area contributed by atoms with Crippen LogP contribution in [0.2, 0.25) is 5.28 Å². The molecule has 1 amide bonds. The van der Waals surface area contributed by atoms with Gasteiger partial charge in [0.25, 0.3) is 0 Å². The van der Waals surface area contributed by atoms with Gasteiger partial charge < -0.3 is 9.64 Å². The molecule has 0 saturated carbocycles. The zero-order valence-electron chi connectivity index (χ0n) is 10.7. The number of halogens is 1. The molecular formula is C12H16ClN3O2. The van der Waals surface area contributed by atoms with Crippen LogP contribution in [0.25, 0.3) is 0 Å². The van der Waals surface area contributed by atoms with Crippen molar-refractivity contribution in [1.29, 1.82) is 0 Å². The van der Waals surface area contributed by atoms with Gasteiger partial charge in [0.15, 0.2) is 0 Å². The molecule has 6 heteroatoms. The second-order valence-corrected chi connectivity index (χ2v) is 5.67. The van der Waals surface area contributed by atoms with Gasteiger partial charge in [-0.3, -0.25) is 0 Å². The molecular weight excluding hydrogens is 254 g/mol. The maximum atomic E-state index is 11.7. The Morgan fingerprint density at radius 2 is 2.17 bits per heavy atom. The van der Waals surface area contributed by atoms with Crippen molar-refractivity contribution in [2.75, 3.05) is 13.1 Å². The average molecular weight is 270 g/mol. The predicted octanol–water partition coefficient (Wildman–Crippen LogP) is 2.46. The first-order chi connectivity index (χ1) is 8.35. The van der Waals surface area contributed by atoms with Crippen LogP contribution in [-0.4, -0.2) is 39.7 Å². The Labute approximate surface area is 111 Å². The maximum absolute atomic E-state index is 11.7. The second-order valence-electron chi connectivity index (χ2n) is 5.33. The molecule has 1 aliphatic rings. The van der Waals surface area contributed by atoms with Gasteiger partial charge in [-0.1, -0.05) is 0 Å². The monoisotopic (exact) mass is 269 g/mol. The number of rotatable bonds is 1. The average Bonchev–Trinajstić information content (AvgIpc) is 2.11. The molecule has 18 heavy (non-hydrogen) atoms. The molecule has 2 rings (SSSR count). The lowest BCUT2D eigenvalue weighted by Gasteiger charge is -2.39. The lowest BCUT2D eigenvalue weighted by atomic mass is 9.97. The number of nitrogens with zero attached hydrogens (tertiary/aromatic N) is 3. The minimum Gasteiger partial charge on any atom is -0.444 e. The molecule has 0 aliphatic carbocycles. The third-order valence-electron chi connectivity index (χ3n) is 2.60. The van der Waals surface area contributed by atoms with Crippen molar-refractivity contribution in [3.05, 3.63) is 23.2 Å². The predicted molar refractivity (Wildman–Crippen MR) is 67.6 cm³/mol. The van der Waals surface area contributed by atoms with E-state index in [1.165, 1.54) is 0 Å². The summed E-state index contributed by atoms with van der Waals surface area (Å²) in [7, 11) is 0. The van der Waals surface area contributed by atoms with Gasteiger partial charge in [0.1, 0.15) is 5.60 Å². The Balaban J connectivity index is 1.89. The molecule has 1 saturated heterocycles. The summed E-state index contributed by atoms with van der Waals surface area (Å²) < 4.78 is 5.28. The summed E-state index contributed by atoms with van der Waals surface area (Å²) in [4.78, 5) is 21.4. The lowest BCUT2D eigenvalue weighted by molar-refractivity contribution is 0.00787. The number of amides is 1. The third kappa shape index (κ3) is 3.10. The Hall–Kier alpha value is -1.36. The summed E-state index contributed by atoms with van der Waals surface area (Å²) in [5, 5.41) is 0.239. The number of ether oxygens (including phenoxy) is 1. The number of hydrogen-bond acceptors (Lipinski definition) is 4. The Bertz CT molecular complexity index is 453. The van der Waals surface area contributed by atoms with Gasteiger partial charge in [-0.25, -0.2) is 14.8 Å². The van der Waals surface area contributed by atoms with E-state index in [0.717, 1.165) is 5.69 Å². The van der Waals surface area contributed by atoms with Crippen LogP contribution in [0.3, 0.4) is 0 Å². The SMILES string of the molecule is CC(C)(C)OC(=O)N1CC(c2ccnc(Cl)n2)C1. The summed E-state index contributed by atoms with van der Waals surface area (Å²) in [5.41, 5.74) is 0.412. The zero-order chi connectivity index (χ0) is 13.3. The summed E-state index contributed by atoms with van der Waals surface area (Å²) in [5.74, 6) is 0.220. The molecule has 0 atom stereocenters. The molecule has 0 N–H and O–H groups in total. The van der Waals surface area contributed by atoms with Crippen molar-refractivity contribution >= 4 is 17.7 Å². The van der Waals surface area contributed by atoms with Crippen LogP contribution in [0.5, 0.6) is 0 Å². The first kappa shape index (κ1) is 13.1. The minimum absolute atomic E-state index is 0.220. The first-order valence-electron chi connectivity index (χ1n) is 5.81. The molecule has 0 radical (unpaired) electrons. The number of carbonyl (C=O) groups excluding carboxylic acids is 1. The van der Waals surface area contributed by atoms with E-state index >= 15 is 0 Å². The van der Waals surface area contributed by atoms with Gasteiger partial charge >= 0.3 is 6.09 Å². The number of likely N-dealkylation sites (tertiary alicyclic amines) is 1. The summed E-state index contributed by atoms with van der Waals surface area (Å²) in [6, 6.07) is 1.82. The summed E-state index contributed by atoms with van der Waals surface area (Å²) in [6.07, 6.45) is 1.35. The van der Waals surface area contributed by atoms with Crippen LogP contribution in [0.4, 0.5) is 4.79 Å². The number of aromatic nitrogens is 2. The van der Waals surface area contributed by atoms with Gasteiger partial charge in [0.2, 0.25) is 5.28 Å². The van der Waals surface area contributed by atoms with Gasteiger partial charge in [0.05, 0.1) is 5.69 Å². The van der Waals surface area contributed by atoms with E-state index < -0.39 is 5.60 Å². The molecule has 1 fully saturated rings. The van der Waals surface area contributed by atoms with E-state index in [9.17, 15) is 4.79 Å². The van der Waals surface area contributed by atoms with E-state index in [0.29, 0.717) is 13.1 Å². The fourth-order valence-electron chi connectivity index (χ4n) is 1.72. The van der Waals surface area contributed by atoms with Crippen LogP contribution in [-0.2, 0) is 4.74 Å². The summed E-state index contributed by atoms with van der Waals surface area (Å²) in [6.45, 7) is 6.79. The molecule has 2 heterocycles. The molecule has 1 aromatic heterocycles. The highest BCUT2D eigenvalue weighted by Gasteiger charge is 2.35. The fraction of sp³-hybridized carbons (Fsp3) is 0.583. The standard InChI is InChI=1S/C12H16ClN3O2/c1-12(2,3)18-11(17)16-6-8(7-16)9-4-5-14-10(13)15-9/h4-5,8H,6-7H2,1-3H3. The van der Waals surface area contributed by atoms with Crippen molar-refractivity contribution in [2.24, 2.45) is 0 Å². The van der Waals surface area contributed by atoms with Crippen molar-refractivity contribution in [3.8, 4) is 0 Å². The van der Waals surface area contributed by atoms with Gasteiger partial charge in [0, 0.05) is 25.2 Å². The largest absolute Gasteiger partial charge is 0.444 e. The second kappa shape index (κ2) is 4.72. The van der Waals surface area contributed by atoms with E-state index in [4.69, 9.17) is 16.3 Å². The minimum atomic E-state index is -0.458.